The van der Waals surface area contributed by atoms with Crippen LogP contribution in [0.1, 0.15) is 5.56 Å². The molecule has 1 fully saturated rings. The van der Waals surface area contributed by atoms with Gasteiger partial charge in [-0.05, 0) is 42.0 Å². The zero-order chi connectivity index (χ0) is 18.9. The fourth-order valence-corrected chi connectivity index (χ4v) is 2.73. The van der Waals surface area contributed by atoms with Crippen LogP contribution < -0.4 is 20.1 Å². The maximum atomic E-state index is 12.0. The molecule has 0 radical (unpaired) electrons. The van der Waals surface area contributed by atoms with Crippen molar-refractivity contribution in [1.82, 2.24) is 10.6 Å². The van der Waals surface area contributed by atoms with Gasteiger partial charge in [0, 0.05) is 18.1 Å². The molecular weight excluding hydrogens is 403 g/mol. The Bertz CT molecular complexity index is 720. The van der Waals surface area contributed by atoms with E-state index in [1.807, 2.05) is 36.4 Å². The third-order valence-electron chi connectivity index (χ3n) is 4.06. The predicted octanol–water partition coefficient (Wildman–Crippen LogP) is 2.82. The van der Waals surface area contributed by atoms with E-state index in [0.29, 0.717) is 44.5 Å². The van der Waals surface area contributed by atoms with Gasteiger partial charge in [-0.1, -0.05) is 23.7 Å². The van der Waals surface area contributed by atoms with Crippen molar-refractivity contribution >= 4 is 29.9 Å². The third kappa shape index (κ3) is 7.20. The molecule has 1 amide bonds. The number of benzene rings is 2. The standard InChI is InChI=1S/C20H23ClN2O4.ClH/c21-16-3-7-18(8-4-16)27-12-11-26-17-5-1-15(2-6-17)13-23-20(24)19-14-25-10-9-22-19;/h1-8,19,22H,9-14H2,(H,23,24);1H. The van der Waals surface area contributed by atoms with E-state index in [9.17, 15) is 4.79 Å². The average Bonchev–Trinajstić information content (AvgIpc) is 2.72. The molecular formula is C20H24Cl2N2O4. The van der Waals surface area contributed by atoms with Crippen molar-refractivity contribution in [2.45, 2.75) is 12.6 Å². The maximum absolute atomic E-state index is 12.0. The summed E-state index contributed by atoms with van der Waals surface area (Å²) >= 11 is 5.83. The second-order valence-corrected chi connectivity index (χ2v) is 6.53. The number of carbonyl (C=O) groups is 1. The van der Waals surface area contributed by atoms with Crippen LogP contribution in [0.15, 0.2) is 48.5 Å². The van der Waals surface area contributed by atoms with Gasteiger partial charge in [-0.2, -0.15) is 0 Å². The van der Waals surface area contributed by atoms with Crippen molar-refractivity contribution in [2.75, 3.05) is 33.0 Å². The number of halogens is 2. The minimum absolute atomic E-state index is 0. The van der Waals surface area contributed by atoms with Crippen molar-refractivity contribution < 1.29 is 19.0 Å². The highest BCUT2D eigenvalue weighted by Gasteiger charge is 2.20. The molecule has 0 spiro atoms. The van der Waals surface area contributed by atoms with E-state index in [1.165, 1.54) is 0 Å². The van der Waals surface area contributed by atoms with Crippen LogP contribution in [-0.4, -0.2) is 44.9 Å². The average molecular weight is 427 g/mol. The quantitative estimate of drug-likeness (QED) is 0.635. The first-order chi connectivity index (χ1) is 13.2. The Balaban J connectivity index is 0.00000280. The summed E-state index contributed by atoms with van der Waals surface area (Å²) in [6.45, 7) is 3.11. The van der Waals surface area contributed by atoms with Crippen molar-refractivity contribution in [3.8, 4) is 11.5 Å². The Morgan fingerprint density at radius 1 is 1.07 bits per heavy atom. The second-order valence-electron chi connectivity index (χ2n) is 6.09. The highest BCUT2D eigenvalue weighted by atomic mass is 35.5. The third-order valence-corrected chi connectivity index (χ3v) is 4.31. The van der Waals surface area contributed by atoms with Crippen molar-refractivity contribution in [2.24, 2.45) is 0 Å². The van der Waals surface area contributed by atoms with Crippen molar-refractivity contribution in [3.05, 3.63) is 59.1 Å². The number of ether oxygens (including phenoxy) is 3. The Labute approximate surface area is 175 Å². The molecule has 3 rings (SSSR count). The molecule has 28 heavy (non-hydrogen) atoms. The van der Waals surface area contributed by atoms with Gasteiger partial charge in [-0.15, -0.1) is 12.4 Å². The fraction of sp³-hybridized carbons (Fsp3) is 0.350. The maximum Gasteiger partial charge on any atom is 0.239 e. The molecule has 1 aliphatic heterocycles. The van der Waals surface area contributed by atoms with E-state index in [0.717, 1.165) is 17.1 Å². The predicted molar refractivity (Wildman–Crippen MR) is 111 cm³/mol. The summed E-state index contributed by atoms with van der Waals surface area (Å²) in [5, 5.41) is 6.72. The number of nitrogens with one attached hydrogen (secondary N) is 2. The second kappa shape index (κ2) is 11.8. The summed E-state index contributed by atoms with van der Waals surface area (Å²) in [6.07, 6.45) is 0. The van der Waals surface area contributed by atoms with Crippen molar-refractivity contribution in [1.29, 1.82) is 0 Å². The van der Waals surface area contributed by atoms with E-state index in [1.54, 1.807) is 12.1 Å². The Kier molecular flexibility index (Phi) is 9.37. The van der Waals surface area contributed by atoms with E-state index in [-0.39, 0.29) is 24.4 Å². The zero-order valence-corrected chi connectivity index (χ0v) is 16.9. The van der Waals surface area contributed by atoms with Gasteiger partial charge in [0.25, 0.3) is 0 Å². The van der Waals surface area contributed by atoms with Crippen LogP contribution in [0.3, 0.4) is 0 Å². The monoisotopic (exact) mass is 426 g/mol. The minimum atomic E-state index is -0.276. The summed E-state index contributed by atoms with van der Waals surface area (Å²) in [7, 11) is 0. The highest BCUT2D eigenvalue weighted by Crippen LogP contribution is 2.16. The molecule has 0 aliphatic carbocycles. The van der Waals surface area contributed by atoms with Gasteiger partial charge in [-0.25, -0.2) is 0 Å². The summed E-state index contributed by atoms with van der Waals surface area (Å²) in [5.74, 6) is 1.47. The van der Waals surface area contributed by atoms with Gasteiger partial charge >= 0.3 is 0 Å². The lowest BCUT2D eigenvalue weighted by molar-refractivity contribution is -0.126. The van der Waals surface area contributed by atoms with Crippen LogP contribution in [0.5, 0.6) is 11.5 Å². The van der Waals surface area contributed by atoms with E-state index in [4.69, 9.17) is 25.8 Å². The molecule has 0 saturated carbocycles. The van der Waals surface area contributed by atoms with Gasteiger partial charge in [-0.3, -0.25) is 4.79 Å². The number of amides is 1. The molecule has 2 N–H and O–H groups in total. The number of hydrogen-bond acceptors (Lipinski definition) is 5. The Morgan fingerprint density at radius 3 is 2.25 bits per heavy atom. The summed E-state index contributed by atoms with van der Waals surface area (Å²) in [4.78, 5) is 12.0. The minimum Gasteiger partial charge on any atom is -0.490 e. The van der Waals surface area contributed by atoms with Gasteiger partial charge in [0.1, 0.15) is 30.8 Å². The topological polar surface area (TPSA) is 68.8 Å². The lowest BCUT2D eigenvalue weighted by Gasteiger charge is -2.22. The SMILES string of the molecule is Cl.O=C(NCc1ccc(OCCOc2ccc(Cl)cc2)cc1)C1COCCN1. The molecule has 2 aromatic carbocycles. The largest absolute Gasteiger partial charge is 0.490 e. The summed E-state index contributed by atoms with van der Waals surface area (Å²) in [6, 6.07) is 14.6. The number of carbonyl (C=O) groups excluding carboxylic acids is 1. The molecule has 0 aromatic heterocycles. The molecule has 8 heteroatoms. The normalized spacial score (nSPS) is 16.0. The van der Waals surface area contributed by atoms with E-state index in [2.05, 4.69) is 10.6 Å². The van der Waals surface area contributed by atoms with Gasteiger partial charge in [0.15, 0.2) is 0 Å². The summed E-state index contributed by atoms with van der Waals surface area (Å²) in [5.41, 5.74) is 1.00. The Morgan fingerprint density at radius 2 is 1.68 bits per heavy atom. The van der Waals surface area contributed by atoms with Crippen LogP contribution in [0.25, 0.3) is 0 Å². The van der Waals surface area contributed by atoms with Crippen LogP contribution in [-0.2, 0) is 16.1 Å². The van der Waals surface area contributed by atoms with Gasteiger partial charge in [0.05, 0.1) is 13.2 Å². The Hall–Kier alpha value is -1.99. The van der Waals surface area contributed by atoms with Crippen LogP contribution in [0, 0.1) is 0 Å². The number of hydrogen-bond donors (Lipinski definition) is 2. The molecule has 152 valence electrons. The molecule has 2 aromatic rings. The molecule has 1 saturated heterocycles. The fourth-order valence-electron chi connectivity index (χ4n) is 2.60. The van der Waals surface area contributed by atoms with E-state index >= 15 is 0 Å². The molecule has 1 heterocycles. The van der Waals surface area contributed by atoms with Crippen LogP contribution in [0.4, 0.5) is 0 Å². The molecule has 1 atom stereocenters. The zero-order valence-electron chi connectivity index (χ0n) is 15.4. The molecule has 0 bridgehead atoms. The molecule has 1 unspecified atom stereocenters. The van der Waals surface area contributed by atoms with E-state index < -0.39 is 0 Å². The van der Waals surface area contributed by atoms with Crippen molar-refractivity contribution in [3.63, 3.8) is 0 Å². The van der Waals surface area contributed by atoms with Crippen LogP contribution in [0.2, 0.25) is 5.02 Å². The smallest absolute Gasteiger partial charge is 0.239 e. The lowest BCUT2D eigenvalue weighted by atomic mass is 10.2. The van der Waals surface area contributed by atoms with Gasteiger partial charge in [0.2, 0.25) is 5.91 Å². The van der Waals surface area contributed by atoms with Gasteiger partial charge < -0.3 is 24.8 Å². The number of rotatable bonds is 8. The molecule has 1 aliphatic rings. The number of morpholine rings is 1. The first kappa shape index (κ1) is 22.3. The first-order valence-corrected chi connectivity index (χ1v) is 9.27. The highest BCUT2D eigenvalue weighted by molar-refractivity contribution is 6.30. The first-order valence-electron chi connectivity index (χ1n) is 8.90. The molecule has 6 nitrogen and oxygen atoms in total. The lowest BCUT2D eigenvalue weighted by Crippen LogP contribution is -2.51. The summed E-state index contributed by atoms with van der Waals surface area (Å²) < 4.78 is 16.5. The van der Waals surface area contributed by atoms with Crippen LogP contribution >= 0.6 is 24.0 Å².